The quantitative estimate of drug-likeness (QED) is 0.795. The standard InChI is InChI=1S/C12H12F3N7/c1-8-5-18-21(6-8)3-2-16-10-4-9(12(13,14)15)20-11-17-7-19-22(10)11/h4-7,16H,2-3H2,1H3. The third kappa shape index (κ3) is 2.85. The molecule has 3 aromatic rings. The van der Waals surface area contributed by atoms with Crippen molar-refractivity contribution in [1.82, 2.24) is 29.4 Å². The van der Waals surface area contributed by atoms with E-state index in [0.717, 1.165) is 18.0 Å². The van der Waals surface area contributed by atoms with Crippen molar-refractivity contribution in [2.24, 2.45) is 0 Å². The van der Waals surface area contributed by atoms with Gasteiger partial charge in [0.2, 0.25) is 0 Å². The Hall–Kier alpha value is -2.65. The summed E-state index contributed by atoms with van der Waals surface area (Å²) in [6.45, 7) is 2.81. The Morgan fingerprint density at radius 2 is 2.09 bits per heavy atom. The molecule has 0 saturated heterocycles. The number of anilines is 1. The Morgan fingerprint density at radius 1 is 1.27 bits per heavy atom. The summed E-state index contributed by atoms with van der Waals surface area (Å²) in [4.78, 5) is 7.15. The summed E-state index contributed by atoms with van der Waals surface area (Å²) in [7, 11) is 0. The molecule has 0 unspecified atom stereocenters. The zero-order chi connectivity index (χ0) is 15.7. The molecule has 3 aromatic heterocycles. The summed E-state index contributed by atoms with van der Waals surface area (Å²) in [5, 5.41) is 10.9. The number of rotatable bonds is 4. The third-order valence-corrected chi connectivity index (χ3v) is 2.95. The maximum absolute atomic E-state index is 12.8. The number of aromatic nitrogens is 6. The molecule has 10 heteroatoms. The van der Waals surface area contributed by atoms with Gasteiger partial charge in [-0.3, -0.25) is 4.68 Å². The SMILES string of the molecule is Cc1cnn(CCNc2cc(C(F)(F)F)nc3ncnn23)c1. The fraction of sp³-hybridized carbons (Fsp3) is 0.333. The van der Waals surface area contributed by atoms with Crippen LogP contribution in [0.1, 0.15) is 11.3 Å². The second-order valence-corrected chi connectivity index (χ2v) is 4.70. The van der Waals surface area contributed by atoms with Gasteiger partial charge in [-0.2, -0.15) is 32.9 Å². The van der Waals surface area contributed by atoms with E-state index in [1.54, 1.807) is 10.9 Å². The summed E-state index contributed by atoms with van der Waals surface area (Å²) in [6, 6.07) is 0.913. The number of aryl methyl sites for hydroxylation is 1. The average molecular weight is 311 g/mol. The van der Waals surface area contributed by atoms with Crippen molar-refractivity contribution in [3.63, 3.8) is 0 Å². The van der Waals surface area contributed by atoms with Gasteiger partial charge in [0.25, 0.3) is 5.78 Å². The van der Waals surface area contributed by atoms with Crippen molar-refractivity contribution < 1.29 is 13.2 Å². The predicted molar refractivity (Wildman–Crippen MR) is 71.2 cm³/mol. The summed E-state index contributed by atoms with van der Waals surface area (Å²) in [5.74, 6) is 0.0750. The molecule has 0 saturated carbocycles. The minimum absolute atomic E-state index is 0.104. The average Bonchev–Trinajstić information content (AvgIpc) is 3.06. The molecule has 0 radical (unpaired) electrons. The van der Waals surface area contributed by atoms with Crippen LogP contribution >= 0.6 is 0 Å². The van der Waals surface area contributed by atoms with Crippen molar-refractivity contribution >= 4 is 11.6 Å². The van der Waals surface area contributed by atoms with Gasteiger partial charge < -0.3 is 5.32 Å². The van der Waals surface area contributed by atoms with E-state index in [1.165, 1.54) is 4.52 Å². The largest absolute Gasteiger partial charge is 0.433 e. The van der Waals surface area contributed by atoms with Gasteiger partial charge in [0.1, 0.15) is 12.1 Å². The van der Waals surface area contributed by atoms with E-state index in [-0.39, 0.29) is 11.6 Å². The first-order valence-electron chi connectivity index (χ1n) is 6.44. The molecule has 7 nitrogen and oxygen atoms in total. The second kappa shape index (κ2) is 5.28. The molecule has 3 rings (SSSR count). The van der Waals surface area contributed by atoms with Gasteiger partial charge in [-0.25, -0.2) is 4.98 Å². The fourth-order valence-corrected chi connectivity index (χ4v) is 1.97. The number of fused-ring (bicyclic) bond motifs is 1. The van der Waals surface area contributed by atoms with Gasteiger partial charge in [0.15, 0.2) is 5.69 Å². The Balaban J connectivity index is 1.81. The number of nitrogens with one attached hydrogen (secondary N) is 1. The molecule has 1 N–H and O–H groups in total. The van der Waals surface area contributed by atoms with E-state index in [4.69, 9.17) is 0 Å². The van der Waals surface area contributed by atoms with E-state index in [9.17, 15) is 13.2 Å². The van der Waals surface area contributed by atoms with Gasteiger partial charge >= 0.3 is 6.18 Å². The van der Waals surface area contributed by atoms with Crippen molar-refractivity contribution in [3.8, 4) is 0 Å². The second-order valence-electron chi connectivity index (χ2n) is 4.70. The zero-order valence-electron chi connectivity index (χ0n) is 11.5. The van der Waals surface area contributed by atoms with Crippen molar-refractivity contribution in [2.75, 3.05) is 11.9 Å². The van der Waals surface area contributed by atoms with Gasteiger partial charge in [0, 0.05) is 18.8 Å². The monoisotopic (exact) mass is 311 g/mol. The highest BCUT2D eigenvalue weighted by Crippen LogP contribution is 2.29. The molecule has 0 aliphatic rings. The molecule has 0 aliphatic carbocycles. The van der Waals surface area contributed by atoms with Gasteiger partial charge in [-0.05, 0) is 12.5 Å². The van der Waals surface area contributed by atoms with Gasteiger partial charge in [-0.15, -0.1) is 0 Å². The van der Waals surface area contributed by atoms with Crippen LogP contribution in [0.25, 0.3) is 5.78 Å². The smallest absolute Gasteiger partial charge is 0.368 e. The van der Waals surface area contributed by atoms with Crippen LogP contribution in [-0.4, -0.2) is 35.9 Å². The number of nitrogens with zero attached hydrogens (tertiary/aromatic N) is 6. The molecule has 0 atom stereocenters. The van der Waals surface area contributed by atoms with Crippen LogP contribution in [0.5, 0.6) is 0 Å². The lowest BCUT2D eigenvalue weighted by molar-refractivity contribution is -0.141. The molecule has 3 heterocycles. The lowest BCUT2D eigenvalue weighted by atomic mass is 10.3. The zero-order valence-corrected chi connectivity index (χ0v) is 11.5. The molecule has 0 amide bonds. The highest BCUT2D eigenvalue weighted by molar-refractivity contribution is 5.45. The lowest BCUT2D eigenvalue weighted by Crippen LogP contribution is -2.16. The summed E-state index contributed by atoms with van der Waals surface area (Å²) < 4.78 is 41.4. The molecule has 22 heavy (non-hydrogen) atoms. The maximum atomic E-state index is 12.8. The van der Waals surface area contributed by atoms with E-state index >= 15 is 0 Å². The van der Waals surface area contributed by atoms with Crippen LogP contribution in [0.15, 0.2) is 24.8 Å². The Kier molecular flexibility index (Phi) is 3.43. The maximum Gasteiger partial charge on any atom is 0.433 e. The van der Waals surface area contributed by atoms with Gasteiger partial charge in [-0.1, -0.05) is 0 Å². The molecule has 0 aromatic carbocycles. The van der Waals surface area contributed by atoms with Crippen LogP contribution in [0.2, 0.25) is 0 Å². The fourth-order valence-electron chi connectivity index (χ4n) is 1.97. The molecule has 116 valence electrons. The van der Waals surface area contributed by atoms with E-state index in [0.29, 0.717) is 13.1 Å². The normalized spacial score (nSPS) is 12.0. The summed E-state index contributed by atoms with van der Waals surface area (Å²) in [6.07, 6.45) is 0.179. The first-order valence-corrected chi connectivity index (χ1v) is 6.44. The number of halogens is 3. The topological polar surface area (TPSA) is 72.9 Å². The van der Waals surface area contributed by atoms with Crippen LogP contribution in [0, 0.1) is 6.92 Å². The minimum atomic E-state index is -4.54. The third-order valence-electron chi connectivity index (χ3n) is 2.95. The predicted octanol–water partition coefficient (Wildman–Crippen LogP) is 1.76. The molecule has 0 aliphatic heterocycles. The first kappa shape index (κ1) is 14.3. The van der Waals surface area contributed by atoms with Crippen LogP contribution < -0.4 is 5.32 Å². The van der Waals surface area contributed by atoms with Crippen molar-refractivity contribution in [3.05, 3.63) is 36.0 Å². The van der Waals surface area contributed by atoms with E-state index < -0.39 is 11.9 Å². The Bertz CT molecular complexity index is 789. The molecule has 0 bridgehead atoms. The Morgan fingerprint density at radius 3 is 2.77 bits per heavy atom. The van der Waals surface area contributed by atoms with E-state index in [2.05, 4.69) is 25.5 Å². The first-order chi connectivity index (χ1) is 10.4. The highest BCUT2D eigenvalue weighted by Gasteiger charge is 2.34. The molecule has 0 fully saturated rings. The Labute approximate surface area is 122 Å². The number of hydrogen-bond donors (Lipinski definition) is 1. The van der Waals surface area contributed by atoms with Crippen molar-refractivity contribution in [2.45, 2.75) is 19.6 Å². The van der Waals surface area contributed by atoms with Crippen LogP contribution in [-0.2, 0) is 12.7 Å². The molecular formula is C12H12F3N7. The number of alkyl halides is 3. The van der Waals surface area contributed by atoms with Gasteiger partial charge in [0.05, 0.1) is 12.7 Å². The highest BCUT2D eigenvalue weighted by atomic mass is 19.4. The molecular weight excluding hydrogens is 299 g/mol. The summed E-state index contributed by atoms with van der Waals surface area (Å²) in [5.41, 5.74) is 0.00682. The number of hydrogen-bond acceptors (Lipinski definition) is 5. The lowest BCUT2D eigenvalue weighted by Gasteiger charge is -2.11. The van der Waals surface area contributed by atoms with Crippen LogP contribution in [0.3, 0.4) is 0 Å². The van der Waals surface area contributed by atoms with Crippen molar-refractivity contribution in [1.29, 1.82) is 0 Å². The minimum Gasteiger partial charge on any atom is -0.368 e. The van der Waals surface area contributed by atoms with Crippen LogP contribution in [0.4, 0.5) is 19.0 Å². The molecule has 0 spiro atoms. The summed E-state index contributed by atoms with van der Waals surface area (Å²) >= 11 is 0. The van der Waals surface area contributed by atoms with E-state index in [1.807, 2.05) is 13.1 Å².